The van der Waals surface area contributed by atoms with Crippen molar-refractivity contribution in [1.82, 2.24) is 5.32 Å². The Kier molecular flexibility index (Phi) is 5.55. The topological polar surface area (TPSA) is 70.9 Å². The van der Waals surface area contributed by atoms with E-state index in [0.29, 0.717) is 17.0 Å². The molecule has 1 rings (SSSR count). The number of aryl methyl sites for hydroxylation is 1. The normalized spacial score (nSPS) is 13.2. The van der Waals surface area contributed by atoms with Gasteiger partial charge in [-0.25, -0.2) is 0 Å². The van der Waals surface area contributed by atoms with Gasteiger partial charge < -0.3 is 15.3 Å². The van der Waals surface area contributed by atoms with Crippen molar-refractivity contribution in [3.63, 3.8) is 0 Å². The van der Waals surface area contributed by atoms with Gasteiger partial charge >= 0.3 is 0 Å². The van der Waals surface area contributed by atoms with Crippen molar-refractivity contribution in [3.8, 4) is 5.75 Å². The fourth-order valence-electron chi connectivity index (χ4n) is 1.73. The molecule has 0 aromatic heterocycles. The highest BCUT2D eigenvalue weighted by Crippen LogP contribution is 2.22. The number of oxime groups is 1. The van der Waals surface area contributed by atoms with Gasteiger partial charge in [-0.05, 0) is 46.8 Å². The first kappa shape index (κ1) is 16.0. The van der Waals surface area contributed by atoms with Gasteiger partial charge in [0.15, 0.2) is 6.10 Å². The van der Waals surface area contributed by atoms with Crippen LogP contribution in [0.3, 0.4) is 0 Å². The number of amides is 1. The number of carbonyl (C=O) groups is 1. The predicted octanol–water partition coefficient (Wildman–Crippen LogP) is 2.49. The van der Waals surface area contributed by atoms with Gasteiger partial charge in [0, 0.05) is 11.6 Å². The SMILES string of the molecule is C/C(=N\O)c1cc(C)ccc1OC(C)C(=O)NC(C)C. The predicted molar refractivity (Wildman–Crippen MR) is 78.5 cm³/mol. The molecule has 0 saturated heterocycles. The van der Waals surface area contributed by atoms with Crippen LogP contribution >= 0.6 is 0 Å². The molecule has 2 N–H and O–H groups in total. The Labute approximate surface area is 119 Å². The molecular formula is C15H22N2O3. The molecule has 20 heavy (non-hydrogen) atoms. The molecule has 0 heterocycles. The van der Waals surface area contributed by atoms with Crippen LogP contribution in [0.1, 0.15) is 38.8 Å². The van der Waals surface area contributed by atoms with E-state index in [1.54, 1.807) is 19.9 Å². The largest absolute Gasteiger partial charge is 0.480 e. The van der Waals surface area contributed by atoms with Crippen molar-refractivity contribution in [2.24, 2.45) is 5.16 Å². The first-order chi connectivity index (χ1) is 9.35. The van der Waals surface area contributed by atoms with Crippen LogP contribution in [-0.2, 0) is 4.79 Å². The van der Waals surface area contributed by atoms with E-state index < -0.39 is 6.10 Å². The number of ether oxygens (including phenoxy) is 1. The van der Waals surface area contributed by atoms with E-state index in [-0.39, 0.29) is 11.9 Å². The number of hydrogen-bond donors (Lipinski definition) is 2. The summed E-state index contributed by atoms with van der Waals surface area (Å²) >= 11 is 0. The first-order valence-electron chi connectivity index (χ1n) is 6.61. The van der Waals surface area contributed by atoms with Crippen molar-refractivity contribution in [1.29, 1.82) is 0 Å². The van der Waals surface area contributed by atoms with E-state index in [2.05, 4.69) is 10.5 Å². The summed E-state index contributed by atoms with van der Waals surface area (Å²) in [5.41, 5.74) is 2.14. The van der Waals surface area contributed by atoms with Crippen LogP contribution in [0.4, 0.5) is 0 Å². The van der Waals surface area contributed by atoms with E-state index in [4.69, 9.17) is 9.94 Å². The molecule has 0 aliphatic heterocycles. The molecule has 0 spiro atoms. The summed E-state index contributed by atoms with van der Waals surface area (Å²) in [6, 6.07) is 5.58. The molecule has 0 aliphatic carbocycles. The van der Waals surface area contributed by atoms with Gasteiger partial charge in [0.2, 0.25) is 0 Å². The maximum Gasteiger partial charge on any atom is 0.260 e. The second kappa shape index (κ2) is 6.93. The van der Waals surface area contributed by atoms with Gasteiger partial charge in [-0.1, -0.05) is 16.8 Å². The van der Waals surface area contributed by atoms with E-state index in [1.165, 1.54) is 0 Å². The molecule has 0 radical (unpaired) electrons. The third-order valence-electron chi connectivity index (χ3n) is 2.78. The lowest BCUT2D eigenvalue weighted by Crippen LogP contribution is -2.40. The third kappa shape index (κ3) is 4.26. The first-order valence-corrected chi connectivity index (χ1v) is 6.61. The van der Waals surface area contributed by atoms with E-state index in [1.807, 2.05) is 32.9 Å². The number of hydrogen-bond acceptors (Lipinski definition) is 4. The molecule has 0 bridgehead atoms. The Morgan fingerprint density at radius 2 is 2.00 bits per heavy atom. The zero-order chi connectivity index (χ0) is 15.3. The Morgan fingerprint density at radius 1 is 1.35 bits per heavy atom. The zero-order valence-corrected chi connectivity index (χ0v) is 12.6. The Bertz CT molecular complexity index is 510. The fourth-order valence-corrected chi connectivity index (χ4v) is 1.73. The monoisotopic (exact) mass is 278 g/mol. The zero-order valence-electron chi connectivity index (χ0n) is 12.6. The molecule has 0 saturated carbocycles. The van der Waals surface area contributed by atoms with Crippen molar-refractivity contribution in [2.75, 3.05) is 0 Å². The van der Waals surface area contributed by atoms with Crippen LogP contribution in [0.5, 0.6) is 5.75 Å². The van der Waals surface area contributed by atoms with E-state index >= 15 is 0 Å². The minimum atomic E-state index is -0.620. The van der Waals surface area contributed by atoms with E-state index in [9.17, 15) is 4.79 Å². The van der Waals surface area contributed by atoms with Crippen molar-refractivity contribution < 1.29 is 14.7 Å². The van der Waals surface area contributed by atoms with Gasteiger partial charge in [-0.3, -0.25) is 4.79 Å². The smallest absolute Gasteiger partial charge is 0.260 e. The summed E-state index contributed by atoms with van der Waals surface area (Å²) < 4.78 is 5.68. The maximum absolute atomic E-state index is 11.9. The standard InChI is InChI=1S/C15H22N2O3/c1-9(2)16-15(18)12(5)20-14-7-6-10(3)8-13(14)11(4)17-19/h6-9,12,19H,1-5H3,(H,16,18)/b17-11+. The molecule has 110 valence electrons. The second-order valence-corrected chi connectivity index (χ2v) is 5.11. The molecule has 1 atom stereocenters. The fraction of sp³-hybridized carbons (Fsp3) is 0.467. The maximum atomic E-state index is 11.9. The molecule has 0 fully saturated rings. The molecule has 1 unspecified atom stereocenters. The second-order valence-electron chi connectivity index (χ2n) is 5.11. The molecule has 0 aliphatic rings. The number of rotatable bonds is 5. The summed E-state index contributed by atoms with van der Waals surface area (Å²) in [7, 11) is 0. The minimum absolute atomic E-state index is 0.0618. The molecule has 5 nitrogen and oxygen atoms in total. The van der Waals surface area contributed by atoms with Crippen LogP contribution < -0.4 is 10.1 Å². The summed E-state index contributed by atoms with van der Waals surface area (Å²) in [4.78, 5) is 11.9. The average molecular weight is 278 g/mol. The molecule has 1 aromatic rings. The van der Waals surface area contributed by atoms with Gasteiger partial charge in [0.1, 0.15) is 5.75 Å². The van der Waals surface area contributed by atoms with Gasteiger partial charge in [0.25, 0.3) is 5.91 Å². The van der Waals surface area contributed by atoms with Crippen LogP contribution in [0.2, 0.25) is 0 Å². The van der Waals surface area contributed by atoms with Crippen LogP contribution in [0.25, 0.3) is 0 Å². The Morgan fingerprint density at radius 3 is 2.55 bits per heavy atom. The number of nitrogens with one attached hydrogen (secondary N) is 1. The molecule has 1 amide bonds. The lowest BCUT2D eigenvalue weighted by Gasteiger charge is -2.18. The van der Waals surface area contributed by atoms with Crippen molar-refractivity contribution in [3.05, 3.63) is 29.3 Å². The Balaban J connectivity index is 2.95. The average Bonchev–Trinajstić information content (AvgIpc) is 2.38. The van der Waals surface area contributed by atoms with Gasteiger partial charge in [-0.2, -0.15) is 0 Å². The molecular weight excluding hydrogens is 256 g/mol. The summed E-state index contributed by atoms with van der Waals surface area (Å²) in [5.74, 6) is 0.349. The molecule has 1 aromatic carbocycles. The van der Waals surface area contributed by atoms with Gasteiger partial charge in [-0.15, -0.1) is 0 Å². The van der Waals surface area contributed by atoms with Crippen LogP contribution in [-0.4, -0.2) is 29.0 Å². The summed E-state index contributed by atoms with van der Waals surface area (Å²) in [6.45, 7) is 9.09. The van der Waals surface area contributed by atoms with Crippen LogP contribution in [0, 0.1) is 6.92 Å². The summed E-state index contributed by atoms with van der Waals surface area (Å²) in [6.07, 6.45) is -0.620. The quantitative estimate of drug-likeness (QED) is 0.494. The van der Waals surface area contributed by atoms with Crippen molar-refractivity contribution in [2.45, 2.75) is 46.8 Å². The van der Waals surface area contributed by atoms with Crippen LogP contribution in [0.15, 0.2) is 23.4 Å². The third-order valence-corrected chi connectivity index (χ3v) is 2.78. The number of benzene rings is 1. The number of carbonyl (C=O) groups excluding carboxylic acids is 1. The lowest BCUT2D eigenvalue weighted by molar-refractivity contribution is -0.127. The van der Waals surface area contributed by atoms with Crippen molar-refractivity contribution >= 4 is 11.6 Å². The van der Waals surface area contributed by atoms with Gasteiger partial charge in [0.05, 0.1) is 5.71 Å². The lowest BCUT2D eigenvalue weighted by atomic mass is 10.1. The highest BCUT2D eigenvalue weighted by atomic mass is 16.5. The van der Waals surface area contributed by atoms with E-state index in [0.717, 1.165) is 5.56 Å². The Hall–Kier alpha value is -2.04. The molecule has 5 heteroatoms. The number of nitrogens with zero attached hydrogens (tertiary/aromatic N) is 1. The minimum Gasteiger partial charge on any atom is -0.480 e. The summed E-state index contributed by atoms with van der Waals surface area (Å²) in [5, 5.41) is 14.9. The highest BCUT2D eigenvalue weighted by molar-refractivity contribution is 6.01. The highest BCUT2D eigenvalue weighted by Gasteiger charge is 2.18.